The summed E-state index contributed by atoms with van der Waals surface area (Å²) in [7, 11) is -3.97. The summed E-state index contributed by atoms with van der Waals surface area (Å²) < 4.78 is 34.8. The van der Waals surface area contributed by atoms with Crippen LogP contribution >= 0.6 is 0 Å². The van der Waals surface area contributed by atoms with Gasteiger partial charge in [0, 0.05) is 41.1 Å². The summed E-state index contributed by atoms with van der Waals surface area (Å²) in [4.78, 5) is 17.7. The highest BCUT2D eigenvalue weighted by Crippen LogP contribution is 2.38. The zero-order chi connectivity index (χ0) is 27.1. The number of nitrogens with zero attached hydrogens (tertiary/aromatic N) is 2. The number of aromatic hydroxyl groups is 1. The van der Waals surface area contributed by atoms with Gasteiger partial charge in [-0.05, 0) is 55.5 Å². The Labute approximate surface area is 226 Å². The Hall–Kier alpha value is -3.91. The lowest BCUT2D eigenvalue weighted by Crippen LogP contribution is -2.18. The van der Waals surface area contributed by atoms with Gasteiger partial charge in [-0.15, -0.1) is 0 Å². The molecule has 0 bridgehead atoms. The van der Waals surface area contributed by atoms with Crippen LogP contribution < -0.4 is 5.63 Å². The van der Waals surface area contributed by atoms with Crippen molar-refractivity contribution in [2.75, 3.05) is 0 Å². The van der Waals surface area contributed by atoms with E-state index < -0.39 is 21.6 Å². The van der Waals surface area contributed by atoms with E-state index >= 15 is 0 Å². The summed E-state index contributed by atoms with van der Waals surface area (Å²) >= 11 is 0. The molecule has 3 aromatic heterocycles. The van der Waals surface area contributed by atoms with Gasteiger partial charge in [-0.1, -0.05) is 50.1 Å². The van der Waals surface area contributed by atoms with E-state index in [1.807, 2.05) is 31.2 Å². The molecule has 1 atom stereocenters. The van der Waals surface area contributed by atoms with Crippen LogP contribution in [-0.4, -0.2) is 22.5 Å². The predicted octanol–water partition coefficient (Wildman–Crippen LogP) is 6.29. The van der Waals surface area contributed by atoms with E-state index in [4.69, 9.17) is 4.42 Å². The molecule has 0 spiro atoms. The zero-order valence-corrected chi connectivity index (χ0v) is 22.6. The Bertz CT molecular complexity index is 1860. The number of aromatic nitrogens is 2. The molecule has 1 aliphatic carbocycles. The average molecular weight is 543 g/mol. The van der Waals surface area contributed by atoms with Gasteiger partial charge in [0.2, 0.25) is 0 Å². The molecule has 39 heavy (non-hydrogen) atoms. The van der Waals surface area contributed by atoms with Crippen molar-refractivity contribution in [3.63, 3.8) is 0 Å². The van der Waals surface area contributed by atoms with Gasteiger partial charge < -0.3 is 9.52 Å². The van der Waals surface area contributed by atoms with Gasteiger partial charge in [0.15, 0.2) is 0 Å². The second-order valence-electron chi connectivity index (χ2n) is 10.2. The summed E-state index contributed by atoms with van der Waals surface area (Å²) in [5.41, 5.74) is 2.10. The van der Waals surface area contributed by atoms with E-state index in [0.29, 0.717) is 36.1 Å². The fourth-order valence-electron chi connectivity index (χ4n) is 5.87. The maximum Gasteiger partial charge on any atom is 0.343 e. The van der Waals surface area contributed by atoms with Crippen LogP contribution in [0.1, 0.15) is 67.4 Å². The first kappa shape index (κ1) is 25.4. The zero-order valence-electron chi connectivity index (χ0n) is 21.8. The Morgan fingerprint density at radius 2 is 1.79 bits per heavy atom. The van der Waals surface area contributed by atoms with E-state index in [1.54, 1.807) is 42.7 Å². The topological polar surface area (TPSA) is 102 Å². The highest BCUT2D eigenvalue weighted by Gasteiger charge is 2.28. The predicted molar refractivity (Wildman–Crippen MR) is 151 cm³/mol. The molecule has 0 saturated heterocycles. The minimum absolute atomic E-state index is 0.0277. The normalized spacial score (nSPS) is 15.1. The van der Waals surface area contributed by atoms with Gasteiger partial charge in [0.25, 0.3) is 10.0 Å². The summed E-state index contributed by atoms with van der Waals surface area (Å²) in [6.45, 7) is 1.95. The van der Waals surface area contributed by atoms with Gasteiger partial charge in [0.1, 0.15) is 16.4 Å². The molecule has 8 heteroatoms. The largest absolute Gasteiger partial charge is 0.507 e. The van der Waals surface area contributed by atoms with Crippen LogP contribution in [0.3, 0.4) is 0 Å². The standard InChI is InChI=1S/C31H30N2O5S/c1-2-23(28-30(34)24-11-5-3-4-6-12-26(24)38-31(28)35)22-15-14-20-16-18-33(25(20)19-22)39(36,37)27-13-7-9-21-10-8-17-32-29(21)27/h7-10,13-19,23,34H,2-6,11-12H2,1H3. The number of fused-ring (bicyclic) bond motifs is 3. The van der Waals surface area contributed by atoms with E-state index in [2.05, 4.69) is 4.98 Å². The number of pyridine rings is 1. The molecule has 1 N–H and O–H groups in total. The molecule has 6 rings (SSSR count). The van der Waals surface area contributed by atoms with E-state index in [0.717, 1.165) is 47.6 Å². The molecule has 7 nitrogen and oxygen atoms in total. The minimum atomic E-state index is -3.97. The van der Waals surface area contributed by atoms with Crippen molar-refractivity contribution in [2.45, 2.75) is 62.7 Å². The quantitative estimate of drug-likeness (QED) is 0.280. The van der Waals surface area contributed by atoms with Crippen LogP contribution in [-0.2, 0) is 22.9 Å². The highest BCUT2D eigenvalue weighted by molar-refractivity contribution is 7.90. The van der Waals surface area contributed by atoms with Crippen LogP contribution in [0.15, 0.2) is 81.1 Å². The first-order valence-electron chi connectivity index (χ1n) is 13.5. The van der Waals surface area contributed by atoms with Gasteiger partial charge in [-0.25, -0.2) is 17.2 Å². The lowest BCUT2D eigenvalue weighted by Gasteiger charge is -2.21. The number of benzene rings is 2. The van der Waals surface area contributed by atoms with Crippen LogP contribution in [0.2, 0.25) is 0 Å². The Kier molecular flexibility index (Phi) is 6.51. The second-order valence-corrected chi connectivity index (χ2v) is 12.0. The minimum Gasteiger partial charge on any atom is -0.507 e. The molecule has 5 aromatic rings. The second kappa shape index (κ2) is 10.0. The SMILES string of the molecule is CCC(c1ccc2ccn(S(=O)(=O)c3cccc4cccnc34)c2c1)c1c(O)c2c(oc1=O)CCCCCC2. The number of hydrogen-bond donors (Lipinski definition) is 1. The van der Waals surface area contributed by atoms with Crippen LogP contribution in [0.25, 0.3) is 21.8 Å². The lowest BCUT2D eigenvalue weighted by atomic mass is 9.86. The number of para-hydroxylation sites is 1. The molecule has 200 valence electrons. The van der Waals surface area contributed by atoms with E-state index in [9.17, 15) is 18.3 Å². The Morgan fingerprint density at radius 3 is 2.62 bits per heavy atom. The van der Waals surface area contributed by atoms with Crippen molar-refractivity contribution in [3.8, 4) is 5.75 Å². The van der Waals surface area contributed by atoms with Gasteiger partial charge >= 0.3 is 5.63 Å². The maximum atomic E-state index is 13.9. The van der Waals surface area contributed by atoms with E-state index in [1.165, 1.54) is 3.97 Å². The van der Waals surface area contributed by atoms with Crippen LogP contribution in [0.4, 0.5) is 0 Å². The third-order valence-electron chi connectivity index (χ3n) is 7.87. The molecular weight excluding hydrogens is 512 g/mol. The molecule has 0 saturated carbocycles. The van der Waals surface area contributed by atoms with Crippen molar-refractivity contribution in [3.05, 3.63) is 99.9 Å². The third kappa shape index (κ3) is 4.33. The van der Waals surface area contributed by atoms with Crippen LogP contribution in [0, 0.1) is 0 Å². The number of rotatable bonds is 5. The van der Waals surface area contributed by atoms with Gasteiger partial charge in [0.05, 0.1) is 16.6 Å². The molecule has 1 unspecified atom stereocenters. The maximum absolute atomic E-state index is 13.9. The fraction of sp³-hybridized carbons (Fsp3) is 0.290. The smallest absolute Gasteiger partial charge is 0.343 e. The van der Waals surface area contributed by atoms with Crippen molar-refractivity contribution in [1.82, 2.24) is 8.96 Å². The molecular formula is C31H30N2O5S. The van der Waals surface area contributed by atoms with E-state index in [-0.39, 0.29) is 16.2 Å². The first-order valence-corrected chi connectivity index (χ1v) is 14.9. The summed E-state index contributed by atoms with van der Waals surface area (Å²) in [6, 6.07) is 16.0. The number of aryl methyl sites for hydroxylation is 1. The highest BCUT2D eigenvalue weighted by atomic mass is 32.2. The molecule has 0 amide bonds. The van der Waals surface area contributed by atoms with Crippen molar-refractivity contribution in [2.24, 2.45) is 0 Å². The fourth-order valence-corrected chi connectivity index (χ4v) is 7.39. The van der Waals surface area contributed by atoms with Crippen LogP contribution in [0.5, 0.6) is 5.75 Å². The van der Waals surface area contributed by atoms with Gasteiger partial charge in [-0.2, -0.15) is 0 Å². The summed E-state index contributed by atoms with van der Waals surface area (Å²) in [5, 5.41) is 12.8. The van der Waals surface area contributed by atoms with Crippen molar-refractivity contribution >= 4 is 31.8 Å². The van der Waals surface area contributed by atoms with Crippen molar-refractivity contribution in [1.29, 1.82) is 0 Å². The monoisotopic (exact) mass is 542 g/mol. The summed E-state index contributed by atoms with van der Waals surface area (Å²) in [5.74, 6) is 0.168. The molecule has 0 fully saturated rings. The summed E-state index contributed by atoms with van der Waals surface area (Å²) in [6.07, 6.45) is 9.01. The molecule has 3 heterocycles. The Morgan fingerprint density at radius 1 is 1.00 bits per heavy atom. The first-order chi connectivity index (χ1) is 18.9. The third-order valence-corrected chi connectivity index (χ3v) is 9.59. The molecule has 1 aliphatic rings. The number of hydrogen-bond acceptors (Lipinski definition) is 6. The van der Waals surface area contributed by atoms with Gasteiger partial charge in [-0.3, -0.25) is 4.98 Å². The molecule has 0 aliphatic heterocycles. The molecule has 2 aromatic carbocycles. The van der Waals surface area contributed by atoms with Crippen molar-refractivity contribution < 1.29 is 17.9 Å². The lowest BCUT2D eigenvalue weighted by molar-refractivity contribution is 0.384. The average Bonchev–Trinajstić information content (AvgIpc) is 3.36. The molecule has 0 radical (unpaired) electrons. The Balaban J connectivity index is 1.48.